The minimum atomic E-state index is 0.562. The molecular weight excluding hydrogens is 236 g/mol. The molecule has 0 unspecified atom stereocenters. The van der Waals surface area contributed by atoms with Crippen molar-refractivity contribution in [3.63, 3.8) is 0 Å². The first-order valence-electron chi connectivity index (χ1n) is 6.03. The second-order valence-electron chi connectivity index (χ2n) is 4.23. The summed E-state index contributed by atoms with van der Waals surface area (Å²) in [7, 11) is 0. The third kappa shape index (κ3) is 2.14. The van der Waals surface area contributed by atoms with E-state index in [2.05, 4.69) is 21.4 Å². The molecule has 1 aromatic carbocycles. The van der Waals surface area contributed by atoms with E-state index >= 15 is 0 Å². The Balaban J connectivity index is 1.91. The number of nitrogens with one attached hydrogen (secondary N) is 2. The Bertz CT molecular complexity index is 738. The first-order valence-corrected chi connectivity index (χ1v) is 6.03. The predicted octanol–water partition coefficient (Wildman–Crippen LogP) is 3.05. The fourth-order valence-electron chi connectivity index (χ4n) is 2.05. The van der Waals surface area contributed by atoms with Gasteiger partial charge in [0.05, 0.1) is 5.52 Å². The molecule has 0 bridgehead atoms. The number of anilines is 1. The van der Waals surface area contributed by atoms with Gasteiger partial charge in [0.15, 0.2) is 0 Å². The van der Waals surface area contributed by atoms with Crippen molar-refractivity contribution in [2.75, 3.05) is 5.32 Å². The van der Waals surface area contributed by atoms with Crippen molar-refractivity contribution in [1.82, 2.24) is 9.97 Å². The van der Waals surface area contributed by atoms with Gasteiger partial charge in [-0.1, -0.05) is 30.3 Å². The first kappa shape index (κ1) is 11.3. The van der Waals surface area contributed by atoms with Gasteiger partial charge in [-0.2, -0.15) is 5.26 Å². The molecule has 3 aromatic rings. The lowest BCUT2D eigenvalue weighted by Gasteiger charge is -2.04. The Labute approximate surface area is 110 Å². The topological polar surface area (TPSA) is 64.5 Å². The van der Waals surface area contributed by atoms with Gasteiger partial charge in [-0.05, 0) is 17.7 Å². The van der Waals surface area contributed by atoms with Gasteiger partial charge >= 0.3 is 0 Å². The SMILES string of the molecule is N#Cc1c(NCc2ccccc2)[nH]c2cccnc12. The van der Waals surface area contributed by atoms with E-state index in [9.17, 15) is 5.26 Å². The van der Waals surface area contributed by atoms with E-state index < -0.39 is 0 Å². The normalized spacial score (nSPS) is 10.3. The van der Waals surface area contributed by atoms with Crippen LogP contribution in [0, 0.1) is 11.3 Å². The molecule has 3 rings (SSSR count). The van der Waals surface area contributed by atoms with Crippen molar-refractivity contribution in [1.29, 1.82) is 5.26 Å². The maximum Gasteiger partial charge on any atom is 0.124 e. The van der Waals surface area contributed by atoms with Crippen molar-refractivity contribution in [3.05, 3.63) is 59.8 Å². The van der Waals surface area contributed by atoms with Crippen molar-refractivity contribution in [3.8, 4) is 6.07 Å². The second kappa shape index (κ2) is 4.83. The number of H-pyrrole nitrogens is 1. The molecule has 4 heteroatoms. The minimum absolute atomic E-state index is 0.562. The van der Waals surface area contributed by atoms with E-state index in [-0.39, 0.29) is 0 Å². The van der Waals surface area contributed by atoms with E-state index in [0.717, 1.165) is 16.9 Å². The molecule has 19 heavy (non-hydrogen) atoms. The molecule has 0 spiro atoms. The molecule has 0 fully saturated rings. The summed E-state index contributed by atoms with van der Waals surface area (Å²) in [6.45, 7) is 0.669. The fraction of sp³-hybridized carbons (Fsp3) is 0.0667. The fourth-order valence-corrected chi connectivity index (χ4v) is 2.05. The van der Waals surface area contributed by atoms with Crippen molar-refractivity contribution >= 4 is 16.9 Å². The second-order valence-corrected chi connectivity index (χ2v) is 4.23. The summed E-state index contributed by atoms with van der Waals surface area (Å²) in [5, 5.41) is 12.5. The molecular formula is C15H12N4. The van der Waals surface area contributed by atoms with Crippen LogP contribution in [0.4, 0.5) is 5.82 Å². The van der Waals surface area contributed by atoms with Gasteiger partial charge in [-0.15, -0.1) is 0 Å². The van der Waals surface area contributed by atoms with Gasteiger partial charge < -0.3 is 10.3 Å². The average Bonchev–Trinajstić information content (AvgIpc) is 2.83. The number of pyridine rings is 1. The van der Waals surface area contributed by atoms with Crippen LogP contribution in [-0.2, 0) is 6.54 Å². The number of fused-ring (bicyclic) bond motifs is 1. The lowest BCUT2D eigenvalue weighted by atomic mass is 10.2. The standard InChI is InChI=1S/C15H12N4/c16-9-12-14-13(7-4-8-17-14)19-15(12)18-10-11-5-2-1-3-6-11/h1-8,18-19H,10H2. The molecule has 92 valence electrons. The lowest BCUT2D eigenvalue weighted by molar-refractivity contribution is 1.13. The summed E-state index contributed by atoms with van der Waals surface area (Å²) in [6, 6.07) is 16.0. The molecule has 4 nitrogen and oxygen atoms in total. The highest BCUT2D eigenvalue weighted by Gasteiger charge is 2.11. The molecule has 2 heterocycles. The molecule has 0 saturated carbocycles. The van der Waals surface area contributed by atoms with E-state index in [0.29, 0.717) is 17.6 Å². The van der Waals surface area contributed by atoms with Gasteiger partial charge in [0, 0.05) is 12.7 Å². The summed E-state index contributed by atoms with van der Waals surface area (Å²) in [4.78, 5) is 7.42. The van der Waals surface area contributed by atoms with E-state index in [1.165, 1.54) is 0 Å². The molecule has 0 saturated heterocycles. The summed E-state index contributed by atoms with van der Waals surface area (Å²) in [5.74, 6) is 0.722. The van der Waals surface area contributed by atoms with Crippen LogP contribution in [0.2, 0.25) is 0 Å². The van der Waals surface area contributed by atoms with Crippen molar-refractivity contribution in [2.24, 2.45) is 0 Å². The minimum Gasteiger partial charge on any atom is -0.366 e. The summed E-state index contributed by atoms with van der Waals surface area (Å²) < 4.78 is 0. The third-order valence-electron chi connectivity index (χ3n) is 2.98. The van der Waals surface area contributed by atoms with Crippen molar-refractivity contribution < 1.29 is 0 Å². The first-order chi connectivity index (χ1) is 9.38. The Morgan fingerprint density at radius 1 is 1.16 bits per heavy atom. The number of hydrogen-bond donors (Lipinski definition) is 2. The number of hydrogen-bond acceptors (Lipinski definition) is 3. The van der Waals surface area contributed by atoms with Crippen LogP contribution in [0.15, 0.2) is 48.7 Å². The highest BCUT2D eigenvalue weighted by atomic mass is 15.0. The number of rotatable bonds is 3. The van der Waals surface area contributed by atoms with Gasteiger partial charge in [0.1, 0.15) is 23.0 Å². The molecule has 0 aliphatic heterocycles. The number of nitriles is 1. The summed E-state index contributed by atoms with van der Waals surface area (Å²) >= 11 is 0. The predicted molar refractivity (Wildman–Crippen MR) is 74.6 cm³/mol. The average molecular weight is 248 g/mol. The van der Waals surface area contributed by atoms with Crippen molar-refractivity contribution in [2.45, 2.75) is 6.54 Å². The molecule has 2 aromatic heterocycles. The van der Waals surface area contributed by atoms with Gasteiger partial charge in [0.25, 0.3) is 0 Å². The van der Waals surface area contributed by atoms with E-state index in [1.54, 1.807) is 6.20 Å². The van der Waals surface area contributed by atoms with E-state index in [1.807, 2.05) is 42.5 Å². The van der Waals surface area contributed by atoms with Crippen LogP contribution >= 0.6 is 0 Å². The van der Waals surface area contributed by atoms with Crippen LogP contribution in [0.25, 0.3) is 11.0 Å². The Morgan fingerprint density at radius 3 is 2.79 bits per heavy atom. The Morgan fingerprint density at radius 2 is 2.00 bits per heavy atom. The number of aromatic amines is 1. The zero-order valence-electron chi connectivity index (χ0n) is 10.2. The van der Waals surface area contributed by atoms with Crippen LogP contribution in [-0.4, -0.2) is 9.97 Å². The maximum atomic E-state index is 9.25. The van der Waals surface area contributed by atoms with Crippen LogP contribution in [0.3, 0.4) is 0 Å². The van der Waals surface area contributed by atoms with Crippen LogP contribution < -0.4 is 5.32 Å². The Hall–Kier alpha value is -2.80. The Kier molecular flexibility index (Phi) is 2.87. The highest BCUT2D eigenvalue weighted by Crippen LogP contribution is 2.23. The third-order valence-corrected chi connectivity index (χ3v) is 2.98. The number of nitrogens with zero attached hydrogens (tertiary/aromatic N) is 2. The molecule has 0 aliphatic rings. The van der Waals surface area contributed by atoms with Crippen LogP contribution in [0.1, 0.15) is 11.1 Å². The molecule has 2 N–H and O–H groups in total. The zero-order chi connectivity index (χ0) is 13.1. The lowest BCUT2D eigenvalue weighted by Crippen LogP contribution is -2.00. The molecule has 0 atom stereocenters. The van der Waals surface area contributed by atoms with Gasteiger partial charge in [-0.3, -0.25) is 4.98 Å². The quantitative estimate of drug-likeness (QED) is 0.748. The summed E-state index contributed by atoms with van der Waals surface area (Å²) in [5.41, 5.74) is 3.31. The number of aromatic nitrogens is 2. The molecule has 0 aliphatic carbocycles. The van der Waals surface area contributed by atoms with E-state index in [4.69, 9.17) is 0 Å². The largest absolute Gasteiger partial charge is 0.366 e. The van der Waals surface area contributed by atoms with Gasteiger partial charge in [0.2, 0.25) is 0 Å². The maximum absolute atomic E-state index is 9.25. The van der Waals surface area contributed by atoms with Gasteiger partial charge in [-0.25, -0.2) is 0 Å². The number of benzene rings is 1. The van der Waals surface area contributed by atoms with Crippen LogP contribution in [0.5, 0.6) is 0 Å². The highest BCUT2D eigenvalue weighted by molar-refractivity contribution is 5.88. The molecule has 0 radical (unpaired) electrons. The zero-order valence-corrected chi connectivity index (χ0v) is 10.2. The smallest absolute Gasteiger partial charge is 0.124 e. The summed E-state index contributed by atoms with van der Waals surface area (Å²) in [6.07, 6.45) is 1.69. The molecule has 0 amide bonds. The monoisotopic (exact) mass is 248 g/mol.